The summed E-state index contributed by atoms with van der Waals surface area (Å²) < 4.78 is 2.03. The van der Waals surface area contributed by atoms with Crippen molar-refractivity contribution < 1.29 is 0 Å². The number of hydrogen-bond acceptors (Lipinski definition) is 4. The Bertz CT molecular complexity index is 628. The van der Waals surface area contributed by atoms with Crippen molar-refractivity contribution in [2.75, 3.05) is 17.6 Å². The van der Waals surface area contributed by atoms with Crippen LogP contribution in [0.3, 0.4) is 0 Å². The molecule has 0 amide bonds. The molecule has 0 saturated heterocycles. The molecule has 1 fully saturated rings. The van der Waals surface area contributed by atoms with E-state index in [-0.39, 0.29) is 0 Å². The lowest BCUT2D eigenvalue weighted by Crippen LogP contribution is -2.17. The first-order valence-electron chi connectivity index (χ1n) is 7.18. The molecule has 3 rings (SSSR count). The normalized spacial score (nSPS) is 16.7. The van der Waals surface area contributed by atoms with Gasteiger partial charge in [0.1, 0.15) is 17.2 Å². The zero-order chi connectivity index (χ0) is 14.3. The van der Waals surface area contributed by atoms with Crippen LogP contribution in [0.4, 0.5) is 11.6 Å². The predicted molar refractivity (Wildman–Crippen MR) is 82.9 cm³/mol. The fourth-order valence-electron chi connectivity index (χ4n) is 3.30. The average molecular weight is 269 g/mol. The van der Waals surface area contributed by atoms with Gasteiger partial charge in [-0.25, -0.2) is 9.97 Å². The topological polar surface area (TPSA) is 60.0 Å². The lowest BCUT2D eigenvalue weighted by molar-refractivity contribution is 0.445. The molecule has 2 radical (unpaired) electrons. The molecule has 20 heavy (non-hydrogen) atoms. The Morgan fingerprint density at radius 3 is 2.70 bits per heavy atom. The molecule has 1 aliphatic rings. The first-order valence-corrected chi connectivity index (χ1v) is 7.18. The first-order chi connectivity index (χ1) is 9.59. The molecule has 2 aromatic heterocycles. The second-order valence-corrected chi connectivity index (χ2v) is 5.73. The Hall–Kier alpha value is -1.72. The van der Waals surface area contributed by atoms with Crippen LogP contribution in [0.15, 0.2) is 6.33 Å². The van der Waals surface area contributed by atoms with Gasteiger partial charge in [-0.2, -0.15) is 0 Å². The highest BCUT2D eigenvalue weighted by atomic mass is 15.1. The summed E-state index contributed by atoms with van der Waals surface area (Å²) >= 11 is 0. The minimum atomic E-state index is 0.492. The SMILES string of the molecule is [B]N(C)c1nc(N)c(C2CCCCC2)c2c1ncn2C. The number of imidazole rings is 1. The quantitative estimate of drug-likeness (QED) is 0.848. The minimum absolute atomic E-state index is 0.492. The second-order valence-electron chi connectivity index (χ2n) is 5.73. The average Bonchev–Trinajstić information content (AvgIpc) is 2.81. The molecule has 5 nitrogen and oxygen atoms in total. The monoisotopic (exact) mass is 269 g/mol. The van der Waals surface area contributed by atoms with Crippen LogP contribution >= 0.6 is 0 Å². The highest BCUT2D eigenvalue weighted by Crippen LogP contribution is 2.40. The second kappa shape index (κ2) is 5.00. The number of nitrogens with zero attached hydrogens (tertiary/aromatic N) is 4. The van der Waals surface area contributed by atoms with Crippen LogP contribution in [-0.4, -0.2) is 29.6 Å². The molecule has 0 aliphatic heterocycles. The first kappa shape index (κ1) is 13.3. The number of hydrogen-bond donors (Lipinski definition) is 1. The fourth-order valence-corrected chi connectivity index (χ4v) is 3.30. The number of aryl methyl sites for hydroxylation is 1. The van der Waals surface area contributed by atoms with Crippen molar-refractivity contribution >= 4 is 30.7 Å². The van der Waals surface area contributed by atoms with Crippen LogP contribution in [0.25, 0.3) is 11.0 Å². The summed E-state index contributed by atoms with van der Waals surface area (Å²) in [6, 6.07) is 0. The number of anilines is 2. The molecule has 0 aromatic carbocycles. The van der Waals surface area contributed by atoms with E-state index in [4.69, 9.17) is 13.7 Å². The van der Waals surface area contributed by atoms with Gasteiger partial charge in [0.25, 0.3) is 0 Å². The van der Waals surface area contributed by atoms with Gasteiger partial charge in [-0.1, -0.05) is 19.3 Å². The summed E-state index contributed by atoms with van der Waals surface area (Å²) in [6.07, 6.45) is 8.03. The molecule has 0 atom stereocenters. The standard InChI is InChI=1S/C14H20BN5/c1-19-8-17-11-12(19)10(9-6-4-3-5-7-9)13(16)18-14(11)20(2)15/h8-9H,3-7H2,1-2H3,(H2,16,18). The lowest BCUT2D eigenvalue weighted by Gasteiger charge is -2.25. The van der Waals surface area contributed by atoms with Crippen LogP contribution < -0.4 is 10.5 Å². The third-order valence-electron chi connectivity index (χ3n) is 4.25. The van der Waals surface area contributed by atoms with E-state index in [0.717, 1.165) is 16.6 Å². The van der Waals surface area contributed by atoms with Crippen molar-refractivity contribution in [2.24, 2.45) is 7.05 Å². The molecule has 6 heteroatoms. The van der Waals surface area contributed by atoms with Crippen LogP contribution in [0.5, 0.6) is 0 Å². The van der Waals surface area contributed by atoms with Crippen molar-refractivity contribution in [3.8, 4) is 0 Å². The summed E-state index contributed by atoms with van der Waals surface area (Å²) in [5.41, 5.74) is 9.33. The van der Waals surface area contributed by atoms with Crippen molar-refractivity contribution in [3.05, 3.63) is 11.9 Å². The van der Waals surface area contributed by atoms with Crippen LogP contribution in [-0.2, 0) is 7.05 Å². The van der Waals surface area contributed by atoms with Gasteiger partial charge in [-0.3, -0.25) is 0 Å². The van der Waals surface area contributed by atoms with Gasteiger partial charge < -0.3 is 15.1 Å². The Morgan fingerprint density at radius 2 is 2.05 bits per heavy atom. The van der Waals surface area contributed by atoms with E-state index in [1.54, 1.807) is 7.05 Å². The van der Waals surface area contributed by atoms with Crippen molar-refractivity contribution in [3.63, 3.8) is 0 Å². The number of nitrogens with two attached hydrogens (primary N) is 1. The largest absolute Gasteiger partial charge is 0.411 e. The zero-order valence-corrected chi connectivity index (χ0v) is 12.1. The Kier molecular flexibility index (Phi) is 3.32. The predicted octanol–water partition coefficient (Wildman–Crippen LogP) is 2.12. The molecule has 1 saturated carbocycles. The molecule has 1 aliphatic carbocycles. The van der Waals surface area contributed by atoms with E-state index in [0.29, 0.717) is 17.6 Å². The molecule has 0 unspecified atom stereocenters. The molecular formula is C14H20BN5. The van der Waals surface area contributed by atoms with Crippen molar-refractivity contribution in [2.45, 2.75) is 38.0 Å². The van der Waals surface area contributed by atoms with E-state index < -0.39 is 0 Å². The van der Waals surface area contributed by atoms with E-state index in [9.17, 15) is 0 Å². The van der Waals surface area contributed by atoms with Crippen LogP contribution in [0.2, 0.25) is 0 Å². The summed E-state index contributed by atoms with van der Waals surface area (Å²) in [5, 5.41) is 0. The lowest BCUT2D eigenvalue weighted by atomic mass is 9.83. The summed E-state index contributed by atoms with van der Waals surface area (Å²) in [4.78, 5) is 10.4. The Labute approximate surface area is 120 Å². The number of fused-ring (bicyclic) bond motifs is 1. The highest BCUT2D eigenvalue weighted by Gasteiger charge is 2.25. The summed E-state index contributed by atoms with van der Waals surface area (Å²) in [5.74, 6) is 1.73. The van der Waals surface area contributed by atoms with Gasteiger partial charge in [-0.05, 0) is 25.8 Å². The fraction of sp³-hybridized carbons (Fsp3) is 0.571. The molecular weight excluding hydrogens is 249 g/mol. The van der Waals surface area contributed by atoms with Gasteiger partial charge in [0.15, 0.2) is 0 Å². The van der Waals surface area contributed by atoms with E-state index in [1.807, 2.05) is 17.9 Å². The number of nitrogen functional groups attached to an aromatic ring is 1. The Balaban J connectivity index is 2.23. The maximum Gasteiger partial charge on any atom is 0.228 e. The van der Waals surface area contributed by atoms with Gasteiger partial charge in [0.05, 0.1) is 11.8 Å². The van der Waals surface area contributed by atoms with Gasteiger partial charge in [0.2, 0.25) is 7.98 Å². The van der Waals surface area contributed by atoms with Crippen LogP contribution in [0.1, 0.15) is 43.6 Å². The maximum atomic E-state index is 6.25. The zero-order valence-electron chi connectivity index (χ0n) is 12.1. The van der Waals surface area contributed by atoms with Crippen molar-refractivity contribution in [1.82, 2.24) is 14.5 Å². The maximum absolute atomic E-state index is 6.25. The highest BCUT2D eigenvalue weighted by molar-refractivity contribution is 6.19. The molecule has 2 N–H and O–H groups in total. The molecule has 0 spiro atoms. The van der Waals surface area contributed by atoms with Gasteiger partial charge in [-0.15, -0.1) is 0 Å². The molecule has 104 valence electrons. The van der Waals surface area contributed by atoms with Gasteiger partial charge in [0, 0.05) is 12.6 Å². The van der Waals surface area contributed by atoms with E-state index >= 15 is 0 Å². The smallest absolute Gasteiger partial charge is 0.228 e. The molecule has 2 aromatic rings. The van der Waals surface area contributed by atoms with Crippen molar-refractivity contribution in [1.29, 1.82) is 0 Å². The van der Waals surface area contributed by atoms with Crippen LogP contribution in [0, 0.1) is 0 Å². The molecule has 2 heterocycles. The Morgan fingerprint density at radius 1 is 1.35 bits per heavy atom. The molecule has 0 bridgehead atoms. The third-order valence-corrected chi connectivity index (χ3v) is 4.25. The minimum Gasteiger partial charge on any atom is -0.411 e. The summed E-state index contributed by atoms with van der Waals surface area (Å²) in [6.45, 7) is 0. The van der Waals surface area contributed by atoms with E-state index in [2.05, 4.69) is 9.97 Å². The third kappa shape index (κ3) is 2.03. The summed E-state index contributed by atoms with van der Waals surface area (Å²) in [7, 11) is 9.61. The number of rotatable bonds is 2. The number of aromatic nitrogens is 3. The number of pyridine rings is 1. The van der Waals surface area contributed by atoms with E-state index in [1.165, 1.54) is 36.9 Å². The van der Waals surface area contributed by atoms with Gasteiger partial charge >= 0.3 is 0 Å².